The van der Waals surface area contributed by atoms with E-state index >= 15 is 0 Å². The summed E-state index contributed by atoms with van der Waals surface area (Å²) in [7, 11) is -3.24. The molecule has 0 radical (unpaired) electrons. The number of hydrogen-bond acceptors (Lipinski definition) is 2. The molecule has 0 unspecified atom stereocenters. The smallest absolute Gasteiger partial charge is 0.212 e. The van der Waals surface area contributed by atoms with Crippen molar-refractivity contribution in [2.75, 3.05) is 5.75 Å². The Hall–Kier alpha value is -0.870. The van der Waals surface area contributed by atoms with Gasteiger partial charge in [0.05, 0.1) is 5.75 Å². The Labute approximate surface area is 134 Å². The van der Waals surface area contributed by atoms with Crippen LogP contribution in [-0.2, 0) is 10.0 Å². The molecular weight excluding hydrogens is 294 g/mol. The summed E-state index contributed by atoms with van der Waals surface area (Å²) in [5.41, 5.74) is 1.35. The van der Waals surface area contributed by atoms with Crippen molar-refractivity contribution >= 4 is 10.0 Å². The van der Waals surface area contributed by atoms with Gasteiger partial charge in [-0.05, 0) is 54.9 Å². The van der Waals surface area contributed by atoms with E-state index in [4.69, 9.17) is 0 Å². The van der Waals surface area contributed by atoms with Crippen LogP contribution in [0, 0.1) is 23.2 Å². The molecule has 0 heterocycles. The van der Waals surface area contributed by atoms with Crippen molar-refractivity contribution in [1.29, 1.82) is 0 Å². The third-order valence-electron chi connectivity index (χ3n) is 6.09. The SMILES string of the molecule is C[C@H](NS(=O)(=O)C[C@@H]1CC[C@H]2C[C@@H]1C2(C)C)c1ccccc1. The van der Waals surface area contributed by atoms with Crippen molar-refractivity contribution in [3.8, 4) is 0 Å². The summed E-state index contributed by atoms with van der Waals surface area (Å²) in [4.78, 5) is 0. The molecule has 4 rings (SSSR count). The second-order valence-electron chi connectivity index (χ2n) is 7.73. The van der Waals surface area contributed by atoms with Crippen LogP contribution in [0.1, 0.15) is 51.6 Å². The molecule has 0 aliphatic heterocycles. The van der Waals surface area contributed by atoms with E-state index in [1.165, 1.54) is 12.8 Å². The first kappa shape index (κ1) is 16.0. The monoisotopic (exact) mass is 321 g/mol. The Balaban J connectivity index is 1.64. The van der Waals surface area contributed by atoms with E-state index in [9.17, 15) is 8.42 Å². The Morgan fingerprint density at radius 1 is 1.23 bits per heavy atom. The van der Waals surface area contributed by atoms with Crippen LogP contribution in [0.4, 0.5) is 0 Å². The molecule has 3 aliphatic rings. The topological polar surface area (TPSA) is 46.2 Å². The van der Waals surface area contributed by atoms with Gasteiger partial charge in [0.2, 0.25) is 10.0 Å². The summed E-state index contributed by atoms with van der Waals surface area (Å²) in [5, 5.41) is 0. The van der Waals surface area contributed by atoms with Crippen LogP contribution in [-0.4, -0.2) is 14.2 Å². The van der Waals surface area contributed by atoms with Crippen LogP contribution in [0.5, 0.6) is 0 Å². The van der Waals surface area contributed by atoms with E-state index in [2.05, 4.69) is 18.6 Å². The van der Waals surface area contributed by atoms with Crippen LogP contribution in [0.15, 0.2) is 30.3 Å². The highest BCUT2D eigenvalue weighted by atomic mass is 32.2. The maximum absolute atomic E-state index is 12.5. The van der Waals surface area contributed by atoms with Crippen molar-refractivity contribution in [2.45, 2.75) is 46.1 Å². The molecule has 122 valence electrons. The van der Waals surface area contributed by atoms with Crippen LogP contribution >= 0.6 is 0 Å². The van der Waals surface area contributed by atoms with E-state index in [0.717, 1.165) is 17.9 Å². The zero-order valence-corrected chi connectivity index (χ0v) is 14.6. The van der Waals surface area contributed by atoms with Gasteiger partial charge >= 0.3 is 0 Å². The summed E-state index contributed by atoms with van der Waals surface area (Å²) in [6.07, 6.45) is 3.48. The van der Waals surface area contributed by atoms with Gasteiger partial charge in [0.25, 0.3) is 0 Å². The second kappa shape index (κ2) is 5.64. The number of sulfonamides is 1. The van der Waals surface area contributed by atoms with Crippen LogP contribution < -0.4 is 4.72 Å². The number of benzene rings is 1. The van der Waals surface area contributed by atoms with Gasteiger partial charge in [-0.25, -0.2) is 13.1 Å². The predicted octanol–water partition coefficient (Wildman–Crippen LogP) is 3.74. The van der Waals surface area contributed by atoms with Gasteiger partial charge in [0.1, 0.15) is 0 Å². The molecule has 3 saturated carbocycles. The van der Waals surface area contributed by atoms with Crippen molar-refractivity contribution < 1.29 is 8.42 Å². The molecule has 1 N–H and O–H groups in total. The van der Waals surface area contributed by atoms with Crippen LogP contribution in [0.3, 0.4) is 0 Å². The van der Waals surface area contributed by atoms with Crippen LogP contribution in [0.25, 0.3) is 0 Å². The number of rotatable bonds is 5. The molecule has 0 aromatic heterocycles. The standard InChI is InChI=1S/C18H27NO2S/c1-13(14-7-5-4-6-8-14)19-22(20,21)12-15-9-10-16-11-17(15)18(16,2)3/h4-8,13,15-17,19H,9-12H2,1-3H3/t13-,15-,16-,17-/m0/s1. The van der Waals surface area contributed by atoms with E-state index in [1.54, 1.807) is 0 Å². The highest BCUT2D eigenvalue weighted by molar-refractivity contribution is 7.89. The number of nitrogens with one attached hydrogen (secondary N) is 1. The fourth-order valence-electron chi connectivity index (χ4n) is 4.57. The molecule has 3 fully saturated rings. The molecule has 22 heavy (non-hydrogen) atoms. The number of fused-ring (bicyclic) bond motifs is 2. The van der Waals surface area contributed by atoms with Crippen molar-refractivity contribution in [3.05, 3.63) is 35.9 Å². The van der Waals surface area contributed by atoms with Gasteiger partial charge in [-0.3, -0.25) is 0 Å². The van der Waals surface area contributed by atoms with Gasteiger partial charge in [0, 0.05) is 6.04 Å². The summed E-state index contributed by atoms with van der Waals surface area (Å²) in [5.74, 6) is 1.99. The van der Waals surface area contributed by atoms with Gasteiger partial charge < -0.3 is 0 Å². The molecule has 2 bridgehead atoms. The normalized spacial score (nSPS) is 31.3. The lowest BCUT2D eigenvalue weighted by atomic mass is 9.46. The lowest BCUT2D eigenvalue weighted by Crippen LogP contribution is -2.54. The summed E-state index contributed by atoms with van der Waals surface area (Å²) in [6.45, 7) is 6.53. The highest BCUT2D eigenvalue weighted by Gasteiger charge is 2.54. The largest absolute Gasteiger partial charge is 0.212 e. The fourth-order valence-corrected chi connectivity index (χ4v) is 6.30. The molecule has 4 atom stereocenters. The molecule has 4 heteroatoms. The zero-order valence-electron chi connectivity index (χ0n) is 13.7. The Kier molecular flexibility index (Phi) is 4.11. The lowest BCUT2D eigenvalue weighted by Gasteiger charge is -2.60. The molecule has 0 amide bonds. The second-order valence-corrected chi connectivity index (χ2v) is 9.53. The molecule has 1 aromatic rings. The minimum absolute atomic E-state index is 0.170. The highest BCUT2D eigenvalue weighted by Crippen LogP contribution is 2.61. The molecule has 0 spiro atoms. The third kappa shape index (κ3) is 2.95. The Morgan fingerprint density at radius 3 is 2.50 bits per heavy atom. The van der Waals surface area contributed by atoms with E-state index in [-0.39, 0.29) is 11.8 Å². The first-order valence-electron chi connectivity index (χ1n) is 8.34. The van der Waals surface area contributed by atoms with Crippen LogP contribution in [0.2, 0.25) is 0 Å². The average Bonchev–Trinajstić information content (AvgIpc) is 2.47. The first-order chi connectivity index (χ1) is 10.3. The average molecular weight is 321 g/mol. The maximum Gasteiger partial charge on any atom is 0.212 e. The summed E-state index contributed by atoms with van der Waals surface area (Å²) in [6, 6.07) is 9.59. The number of hydrogen-bond donors (Lipinski definition) is 1. The van der Waals surface area contributed by atoms with Gasteiger partial charge in [0.15, 0.2) is 0 Å². The Morgan fingerprint density at radius 2 is 1.91 bits per heavy atom. The van der Waals surface area contributed by atoms with E-state index in [1.807, 2.05) is 37.3 Å². The van der Waals surface area contributed by atoms with Gasteiger partial charge in [-0.15, -0.1) is 0 Å². The first-order valence-corrected chi connectivity index (χ1v) is 10.00. The summed E-state index contributed by atoms with van der Waals surface area (Å²) < 4.78 is 27.9. The maximum atomic E-state index is 12.5. The Bertz CT molecular complexity index is 622. The molecular formula is C18H27NO2S. The molecule has 1 aromatic carbocycles. The lowest BCUT2D eigenvalue weighted by molar-refractivity contribution is -0.0978. The minimum atomic E-state index is -3.24. The van der Waals surface area contributed by atoms with Gasteiger partial charge in [-0.1, -0.05) is 44.2 Å². The molecule has 3 nitrogen and oxygen atoms in total. The summed E-state index contributed by atoms with van der Waals surface area (Å²) >= 11 is 0. The zero-order chi connectivity index (χ0) is 16.0. The predicted molar refractivity (Wildman–Crippen MR) is 89.9 cm³/mol. The fraction of sp³-hybridized carbons (Fsp3) is 0.667. The molecule has 3 aliphatic carbocycles. The van der Waals surface area contributed by atoms with Gasteiger partial charge in [-0.2, -0.15) is 0 Å². The van der Waals surface area contributed by atoms with Crippen molar-refractivity contribution in [1.82, 2.24) is 4.72 Å². The quantitative estimate of drug-likeness (QED) is 0.898. The van der Waals surface area contributed by atoms with E-state index in [0.29, 0.717) is 17.3 Å². The molecule has 0 saturated heterocycles. The van der Waals surface area contributed by atoms with Crippen molar-refractivity contribution in [3.63, 3.8) is 0 Å². The third-order valence-corrected chi connectivity index (χ3v) is 7.67. The van der Waals surface area contributed by atoms with Crippen molar-refractivity contribution in [2.24, 2.45) is 23.2 Å². The minimum Gasteiger partial charge on any atom is -0.212 e. The van der Waals surface area contributed by atoms with E-state index < -0.39 is 10.0 Å².